The summed E-state index contributed by atoms with van der Waals surface area (Å²) in [5.41, 5.74) is 2.77. The van der Waals surface area contributed by atoms with Crippen LogP contribution in [0.15, 0.2) is 66.2 Å². The monoisotopic (exact) mass is 269 g/mol. The van der Waals surface area contributed by atoms with Crippen molar-refractivity contribution in [1.29, 1.82) is 0 Å². The number of hydrogen-bond acceptors (Lipinski definition) is 2. The Bertz CT molecular complexity index is 649. The largest absolute Gasteiger partial charge is 0.465 e. The van der Waals surface area contributed by atoms with E-state index in [2.05, 4.69) is 11.6 Å². The van der Waals surface area contributed by atoms with Gasteiger partial charge in [-0.1, -0.05) is 36.4 Å². The van der Waals surface area contributed by atoms with Gasteiger partial charge in [-0.2, -0.15) is 0 Å². The number of benzene rings is 2. The van der Waals surface area contributed by atoms with Crippen LogP contribution in [0.4, 0.5) is 5.69 Å². The Hall–Kier alpha value is -2.06. The minimum Gasteiger partial charge on any atom is -0.465 e. The summed E-state index contributed by atoms with van der Waals surface area (Å²) in [5.74, 6) is 0.611. The van der Waals surface area contributed by atoms with Gasteiger partial charge < -0.3 is 4.74 Å². The molecular formula is C16H12ClNO. The minimum atomic E-state index is -0.221. The van der Waals surface area contributed by atoms with Crippen molar-refractivity contribution in [2.24, 2.45) is 4.99 Å². The molecule has 1 aliphatic heterocycles. The second-order valence-corrected chi connectivity index (χ2v) is 4.70. The van der Waals surface area contributed by atoms with Crippen LogP contribution in [0.3, 0.4) is 0 Å². The van der Waals surface area contributed by atoms with E-state index < -0.39 is 0 Å². The van der Waals surface area contributed by atoms with E-state index in [1.165, 1.54) is 0 Å². The quantitative estimate of drug-likeness (QED) is 0.726. The molecule has 3 rings (SSSR count). The van der Waals surface area contributed by atoms with E-state index in [0.29, 0.717) is 10.9 Å². The molecule has 0 saturated carbocycles. The Labute approximate surface area is 117 Å². The van der Waals surface area contributed by atoms with E-state index in [0.717, 1.165) is 16.8 Å². The average molecular weight is 270 g/mol. The minimum absolute atomic E-state index is 0.221. The lowest BCUT2D eigenvalue weighted by Crippen LogP contribution is -2.15. The molecule has 0 fully saturated rings. The fraction of sp³-hybridized carbons (Fsp3) is 0.0625. The molecule has 0 aromatic heterocycles. The molecule has 0 spiro atoms. The molecule has 1 aliphatic rings. The Kier molecular flexibility index (Phi) is 3.10. The molecule has 19 heavy (non-hydrogen) atoms. The molecule has 0 aliphatic carbocycles. The highest BCUT2D eigenvalue weighted by Crippen LogP contribution is 2.36. The van der Waals surface area contributed by atoms with Gasteiger partial charge in [0.25, 0.3) is 0 Å². The van der Waals surface area contributed by atoms with Gasteiger partial charge in [-0.3, -0.25) is 0 Å². The summed E-state index contributed by atoms with van der Waals surface area (Å²) in [4.78, 5) is 4.54. The molecule has 0 amide bonds. The van der Waals surface area contributed by atoms with Crippen molar-refractivity contribution in [1.82, 2.24) is 0 Å². The van der Waals surface area contributed by atoms with Gasteiger partial charge in [0.2, 0.25) is 5.90 Å². The van der Waals surface area contributed by atoms with Gasteiger partial charge >= 0.3 is 0 Å². The lowest BCUT2D eigenvalue weighted by molar-refractivity contribution is 0.238. The Morgan fingerprint density at radius 3 is 2.68 bits per heavy atom. The molecule has 0 N–H and O–H groups in total. The van der Waals surface area contributed by atoms with Crippen LogP contribution in [0, 0.1) is 0 Å². The molecule has 0 radical (unpaired) electrons. The number of aliphatic imine (C=N–C) groups is 1. The zero-order valence-electron chi connectivity index (χ0n) is 10.2. The SMILES string of the molecule is C=C[C@H]1OC(c2ccccc2)=Nc2ccc(Cl)cc21. The Balaban J connectivity index is 2.11. The maximum Gasteiger partial charge on any atom is 0.222 e. The van der Waals surface area contributed by atoms with Crippen LogP contribution < -0.4 is 0 Å². The average Bonchev–Trinajstić information content (AvgIpc) is 2.47. The van der Waals surface area contributed by atoms with Gasteiger partial charge in [-0.05, 0) is 36.4 Å². The van der Waals surface area contributed by atoms with E-state index in [1.54, 1.807) is 6.08 Å². The van der Waals surface area contributed by atoms with Crippen LogP contribution in [0.2, 0.25) is 5.02 Å². The molecule has 0 unspecified atom stereocenters. The van der Waals surface area contributed by atoms with Gasteiger partial charge in [-0.15, -0.1) is 0 Å². The zero-order valence-corrected chi connectivity index (χ0v) is 11.0. The molecule has 94 valence electrons. The highest BCUT2D eigenvalue weighted by atomic mass is 35.5. The maximum atomic E-state index is 6.01. The van der Waals surface area contributed by atoms with Crippen molar-refractivity contribution >= 4 is 23.2 Å². The fourth-order valence-corrected chi connectivity index (χ4v) is 2.24. The second-order valence-electron chi connectivity index (χ2n) is 4.26. The van der Waals surface area contributed by atoms with Crippen molar-refractivity contribution in [2.45, 2.75) is 6.10 Å². The van der Waals surface area contributed by atoms with E-state index in [4.69, 9.17) is 16.3 Å². The number of fused-ring (bicyclic) bond motifs is 1. The molecule has 0 bridgehead atoms. The molecule has 0 saturated heterocycles. The number of nitrogens with zero attached hydrogens (tertiary/aromatic N) is 1. The summed E-state index contributed by atoms with van der Waals surface area (Å²) in [7, 11) is 0. The van der Waals surface area contributed by atoms with E-state index >= 15 is 0 Å². The molecule has 1 heterocycles. The predicted octanol–water partition coefficient (Wildman–Crippen LogP) is 4.68. The molecule has 2 nitrogen and oxygen atoms in total. The van der Waals surface area contributed by atoms with Gasteiger partial charge in [0.15, 0.2) is 0 Å². The van der Waals surface area contributed by atoms with Crippen LogP contribution >= 0.6 is 11.6 Å². The number of ether oxygens (including phenoxy) is 1. The maximum absolute atomic E-state index is 6.01. The van der Waals surface area contributed by atoms with Crippen molar-refractivity contribution in [3.63, 3.8) is 0 Å². The molecule has 2 aromatic rings. The van der Waals surface area contributed by atoms with Crippen molar-refractivity contribution in [2.75, 3.05) is 0 Å². The third-order valence-corrected chi connectivity index (χ3v) is 3.23. The molecule has 3 heteroatoms. The lowest BCUT2D eigenvalue weighted by atomic mass is 10.1. The topological polar surface area (TPSA) is 21.6 Å². The van der Waals surface area contributed by atoms with E-state index in [9.17, 15) is 0 Å². The first-order valence-corrected chi connectivity index (χ1v) is 6.38. The fourth-order valence-electron chi connectivity index (χ4n) is 2.06. The highest BCUT2D eigenvalue weighted by molar-refractivity contribution is 6.30. The van der Waals surface area contributed by atoms with E-state index in [1.807, 2.05) is 48.5 Å². The number of rotatable bonds is 2. The van der Waals surface area contributed by atoms with Gasteiger partial charge in [0.1, 0.15) is 6.10 Å². The molecule has 2 aromatic carbocycles. The summed E-state index contributed by atoms with van der Waals surface area (Å²) in [6.45, 7) is 3.82. The zero-order chi connectivity index (χ0) is 13.2. The van der Waals surface area contributed by atoms with Crippen LogP contribution in [0.5, 0.6) is 0 Å². The van der Waals surface area contributed by atoms with Crippen LogP contribution in [0.25, 0.3) is 0 Å². The highest BCUT2D eigenvalue weighted by Gasteiger charge is 2.22. The third-order valence-electron chi connectivity index (χ3n) is 2.99. The van der Waals surface area contributed by atoms with E-state index in [-0.39, 0.29) is 6.10 Å². The summed E-state index contributed by atoms with van der Waals surface area (Å²) < 4.78 is 5.88. The van der Waals surface area contributed by atoms with Gasteiger partial charge in [-0.25, -0.2) is 4.99 Å². The number of halogens is 1. The number of hydrogen-bond donors (Lipinski definition) is 0. The lowest BCUT2D eigenvalue weighted by Gasteiger charge is -2.24. The van der Waals surface area contributed by atoms with Crippen molar-refractivity contribution in [3.8, 4) is 0 Å². The van der Waals surface area contributed by atoms with Crippen molar-refractivity contribution < 1.29 is 4.74 Å². The Morgan fingerprint density at radius 1 is 1.16 bits per heavy atom. The second kappa shape index (κ2) is 4.90. The van der Waals surface area contributed by atoms with Crippen LogP contribution in [-0.2, 0) is 4.74 Å². The van der Waals surface area contributed by atoms with Crippen LogP contribution in [-0.4, -0.2) is 5.90 Å². The molecule has 1 atom stereocenters. The summed E-state index contributed by atoms with van der Waals surface area (Å²) in [5, 5.41) is 0.674. The summed E-state index contributed by atoms with van der Waals surface area (Å²) in [6, 6.07) is 15.4. The first kappa shape index (κ1) is 12.0. The first-order valence-electron chi connectivity index (χ1n) is 6.00. The van der Waals surface area contributed by atoms with Crippen LogP contribution in [0.1, 0.15) is 17.2 Å². The van der Waals surface area contributed by atoms with Gasteiger partial charge in [0.05, 0.1) is 5.69 Å². The predicted molar refractivity (Wildman–Crippen MR) is 78.1 cm³/mol. The normalized spacial score (nSPS) is 17.1. The Morgan fingerprint density at radius 2 is 1.95 bits per heavy atom. The third kappa shape index (κ3) is 2.27. The van der Waals surface area contributed by atoms with Gasteiger partial charge in [0, 0.05) is 16.1 Å². The summed E-state index contributed by atoms with van der Waals surface area (Å²) in [6.07, 6.45) is 1.54. The smallest absolute Gasteiger partial charge is 0.222 e. The first-order chi connectivity index (χ1) is 9.28. The molecular weight excluding hydrogens is 258 g/mol. The van der Waals surface area contributed by atoms with Crippen molar-refractivity contribution in [3.05, 3.63) is 77.3 Å². The summed E-state index contributed by atoms with van der Waals surface area (Å²) >= 11 is 6.01. The standard InChI is InChI=1S/C16H12ClNO/c1-2-15-13-10-12(17)8-9-14(13)18-16(19-15)11-6-4-3-5-7-11/h2-10,15H,1H2/t15-/m1/s1.